The van der Waals surface area contributed by atoms with Gasteiger partial charge in [0.05, 0.1) is 5.75 Å². The summed E-state index contributed by atoms with van der Waals surface area (Å²) >= 11 is 0. The van der Waals surface area contributed by atoms with Crippen LogP contribution in [0.5, 0.6) is 0 Å². The van der Waals surface area contributed by atoms with E-state index >= 15 is 0 Å². The van der Waals surface area contributed by atoms with E-state index in [9.17, 15) is 8.42 Å². The molecular weight excluding hydrogens is 270 g/mol. The fourth-order valence-corrected chi connectivity index (χ4v) is 3.91. The van der Waals surface area contributed by atoms with Gasteiger partial charge >= 0.3 is 0 Å². The van der Waals surface area contributed by atoms with Crippen molar-refractivity contribution in [2.24, 2.45) is 10.8 Å². The molecule has 0 aromatic carbocycles. The molecule has 0 amide bonds. The second kappa shape index (κ2) is 5.80. The van der Waals surface area contributed by atoms with Gasteiger partial charge in [0, 0.05) is 5.54 Å². The van der Waals surface area contributed by atoms with E-state index in [-0.39, 0.29) is 22.1 Å². The Morgan fingerprint density at radius 3 is 2.00 bits per heavy atom. The van der Waals surface area contributed by atoms with Gasteiger partial charge in [0.15, 0.2) is 0 Å². The van der Waals surface area contributed by atoms with Gasteiger partial charge in [0.2, 0.25) is 10.0 Å². The third kappa shape index (κ3) is 5.57. The van der Waals surface area contributed by atoms with Gasteiger partial charge in [-0.3, -0.25) is 0 Å². The molecule has 0 bridgehead atoms. The summed E-state index contributed by atoms with van der Waals surface area (Å²) in [5, 5.41) is 0. The summed E-state index contributed by atoms with van der Waals surface area (Å²) in [4.78, 5) is 0. The molecule has 1 fully saturated rings. The normalized spacial score (nSPS) is 19.5. The molecule has 0 unspecified atom stereocenters. The van der Waals surface area contributed by atoms with Crippen molar-refractivity contribution < 1.29 is 8.42 Å². The zero-order valence-electron chi connectivity index (χ0n) is 13.9. The summed E-state index contributed by atoms with van der Waals surface area (Å²) < 4.78 is 27.2. The van der Waals surface area contributed by atoms with E-state index in [1.807, 2.05) is 6.08 Å². The van der Waals surface area contributed by atoms with Crippen molar-refractivity contribution in [2.45, 2.75) is 72.8 Å². The Morgan fingerprint density at radius 1 is 1.05 bits per heavy atom. The summed E-state index contributed by atoms with van der Waals surface area (Å²) in [6, 6.07) is 0. The van der Waals surface area contributed by atoms with Crippen LogP contribution in [0.1, 0.15) is 67.2 Å². The molecular formula is C16H31NO2S. The Bertz CT molecular complexity index is 446. The fraction of sp³-hybridized carbons (Fsp3) is 0.875. The maximum atomic E-state index is 12.1. The molecule has 0 aromatic rings. The fourth-order valence-electron chi connectivity index (χ4n) is 2.26. The Balaban J connectivity index is 2.44. The quantitative estimate of drug-likeness (QED) is 0.757. The number of rotatable bonds is 6. The van der Waals surface area contributed by atoms with Crippen molar-refractivity contribution in [1.29, 1.82) is 0 Å². The Labute approximate surface area is 125 Å². The number of nitrogens with one attached hydrogen (secondary N) is 1. The van der Waals surface area contributed by atoms with Crippen LogP contribution in [-0.2, 0) is 10.0 Å². The van der Waals surface area contributed by atoms with Crippen LogP contribution in [0.4, 0.5) is 0 Å². The van der Waals surface area contributed by atoms with Gasteiger partial charge in [-0.05, 0) is 36.5 Å². The SMILES string of the molecule is CC(C)(C)C/C=C\CCS(=O)(=O)NC1(C(C)(C)C)CC1. The molecule has 0 radical (unpaired) electrons. The lowest BCUT2D eigenvalue weighted by molar-refractivity contribution is 0.278. The summed E-state index contributed by atoms with van der Waals surface area (Å²) in [6.07, 6.45) is 7.55. The van der Waals surface area contributed by atoms with E-state index in [1.165, 1.54) is 0 Å². The molecule has 1 saturated carbocycles. The van der Waals surface area contributed by atoms with Crippen LogP contribution >= 0.6 is 0 Å². The highest BCUT2D eigenvalue weighted by Gasteiger charge is 2.53. The van der Waals surface area contributed by atoms with Crippen LogP contribution in [0.2, 0.25) is 0 Å². The number of hydrogen-bond acceptors (Lipinski definition) is 2. The summed E-state index contributed by atoms with van der Waals surface area (Å²) in [6.45, 7) is 12.8. The molecule has 1 aliphatic rings. The first-order chi connectivity index (χ1) is 8.87. The second-order valence-electron chi connectivity index (χ2n) is 8.28. The standard InChI is InChI=1S/C16H31NO2S/c1-14(2,3)10-8-7-9-13-20(18,19)17-16(11-12-16)15(4,5)6/h7-8,17H,9-13H2,1-6H3/b8-7-. The molecule has 0 heterocycles. The molecule has 20 heavy (non-hydrogen) atoms. The van der Waals surface area contributed by atoms with Gasteiger partial charge in [-0.1, -0.05) is 53.7 Å². The highest BCUT2D eigenvalue weighted by molar-refractivity contribution is 7.89. The van der Waals surface area contributed by atoms with Crippen molar-refractivity contribution in [3.63, 3.8) is 0 Å². The van der Waals surface area contributed by atoms with E-state index in [0.29, 0.717) is 6.42 Å². The Kier molecular flexibility index (Phi) is 5.13. The van der Waals surface area contributed by atoms with E-state index in [1.54, 1.807) is 0 Å². The van der Waals surface area contributed by atoms with Gasteiger partial charge in [0.25, 0.3) is 0 Å². The smallest absolute Gasteiger partial charge is 0.212 e. The minimum absolute atomic E-state index is 0.0118. The van der Waals surface area contributed by atoms with Crippen LogP contribution < -0.4 is 4.72 Å². The predicted molar refractivity (Wildman–Crippen MR) is 86.2 cm³/mol. The zero-order valence-corrected chi connectivity index (χ0v) is 14.7. The maximum absolute atomic E-state index is 12.1. The summed E-state index contributed by atoms with van der Waals surface area (Å²) in [5.41, 5.74) is 0.0427. The monoisotopic (exact) mass is 301 g/mol. The molecule has 0 atom stereocenters. The van der Waals surface area contributed by atoms with Crippen LogP contribution in [0.3, 0.4) is 0 Å². The van der Waals surface area contributed by atoms with Gasteiger partial charge in [0.1, 0.15) is 0 Å². The van der Waals surface area contributed by atoms with Crippen LogP contribution in [0, 0.1) is 10.8 Å². The summed E-state index contributed by atoms with van der Waals surface area (Å²) in [7, 11) is -3.18. The third-order valence-corrected chi connectivity index (χ3v) is 5.46. The largest absolute Gasteiger partial charge is 0.212 e. The molecule has 0 spiro atoms. The number of hydrogen-bond donors (Lipinski definition) is 1. The molecule has 0 aromatic heterocycles. The van der Waals surface area contributed by atoms with E-state index in [4.69, 9.17) is 0 Å². The van der Waals surface area contributed by atoms with Crippen LogP contribution in [0.25, 0.3) is 0 Å². The minimum Gasteiger partial charge on any atom is -0.212 e. The minimum atomic E-state index is -3.18. The van der Waals surface area contributed by atoms with E-state index in [2.05, 4.69) is 52.3 Å². The first-order valence-corrected chi connectivity index (χ1v) is 9.19. The van der Waals surface area contributed by atoms with Crippen molar-refractivity contribution >= 4 is 10.0 Å². The van der Waals surface area contributed by atoms with E-state index < -0.39 is 10.0 Å². The van der Waals surface area contributed by atoms with Crippen LogP contribution in [0.15, 0.2) is 12.2 Å². The van der Waals surface area contributed by atoms with Crippen molar-refractivity contribution in [3.05, 3.63) is 12.2 Å². The molecule has 1 aliphatic carbocycles. The molecule has 0 saturated heterocycles. The number of sulfonamides is 1. The summed E-state index contributed by atoms with van der Waals surface area (Å²) in [5.74, 6) is 0.186. The molecule has 4 heteroatoms. The first-order valence-electron chi connectivity index (χ1n) is 7.54. The highest BCUT2D eigenvalue weighted by Crippen LogP contribution is 2.50. The Hall–Kier alpha value is -0.350. The third-order valence-electron chi connectivity index (χ3n) is 3.99. The van der Waals surface area contributed by atoms with Crippen LogP contribution in [-0.4, -0.2) is 19.7 Å². The molecule has 1 N–H and O–H groups in total. The lowest BCUT2D eigenvalue weighted by Gasteiger charge is -2.31. The molecule has 0 aliphatic heterocycles. The lowest BCUT2D eigenvalue weighted by atomic mass is 9.85. The first kappa shape index (κ1) is 17.7. The van der Waals surface area contributed by atoms with Crippen molar-refractivity contribution in [2.75, 3.05) is 5.75 Å². The highest BCUT2D eigenvalue weighted by atomic mass is 32.2. The van der Waals surface area contributed by atoms with E-state index in [0.717, 1.165) is 19.3 Å². The zero-order chi connectivity index (χ0) is 15.7. The number of allylic oxidation sites excluding steroid dienone is 2. The predicted octanol–water partition coefficient (Wildman–Crippen LogP) is 3.87. The second-order valence-corrected chi connectivity index (χ2v) is 10.1. The van der Waals surface area contributed by atoms with Gasteiger partial charge in [-0.2, -0.15) is 0 Å². The Morgan fingerprint density at radius 2 is 1.60 bits per heavy atom. The molecule has 1 rings (SSSR count). The maximum Gasteiger partial charge on any atom is 0.212 e. The average molecular weight is 301 g/mol. The average Bonchev–Trinajstić information content (AvgIpc) is 2.94. The topological polar surface area (TPSA) is 46.2 Å². The molecule has 118 valence electrons. The lowest BCUT2D eigenvalue weighted by Crippen LogP contribution is -2.46. The van der Waals surface area contributed by atoms with Crippen molar-refractivity contribution in [3.8, 4) is 0 Å². The molecule has 3 nitrogen and oxygen atoms in total. The van der Waals surface area contributed by atoms with Crippen molar-refractivity contribution in [1.82, 2.24) is 4.72 Å². The van der Waals surface area contributed by atoms with Gasteiger partial charge in [-0.25, -0.2) is 13.1 Å². The van der Waals surface area contributed by atoms with Gasteiger partial charge in [-0.15, -0.1) is 0 Å². The van der Waals surface area contributed by atoms with Gasteiger partial charge < -0.3 is 0 Å².